The Labute approximate surface area is 113 Å². The molecule has 0 atom stereocenters. The third-order valence-electron chi connectivity index (χ3n) is 2.92. The van der Waals surface area contributed by atoms with Crippen LogP contribution >= 0.6 is 0 Å². The number of aliphatic hydroxyl groups excluding tert-OH is 1. The van der Waals surface area contributed by atoms with Crippen LogP contribution in [0.15, 0.2) is 36.4 Å². The molecule has 2 aromatic rings. The summed E-state index contributed by atoms with van der Waals surface area (Å²) in [5, 5.41) is 11.0. The number of hydrogen-bond acceptors (Lipinski definition) is 3. The molecule has 0 aliphatic heterocycles. The number of aliphatic hydroxyl groups is 1. The van der Waals surface area contributed by atoms with Crippen molar-refractivity contribution < 1.29 is 14.6 Å². The molecule has 2 rings (SSSR count). The summed E-state index contributed by atoms with van der Waals surface area (Å²) in [7, 11) is 0. The van der Waals surface area contributed by atoms with E-state index < -0.39 is 0 Å². The minimum atomic E-state index is 0.223. The second-order valence-electron chi connectivity index (χ2n) is 4.38. The van der Waals surface area contributed by atoms with Gasteiger partial charge in [-0.1, -0.05) is 12.1 Å². The summed E-state index contributed by atoms with van der Waals surface area (Å²) in [5.41, 5.74) is 0. The van der Waals surface area contributed by atoms with Crippen molar-refractivity contribution in [3.05, 3.63) is 36.4 Å². The minimum Gasteiger partial charge on any atom is -0.494 e. The van der Waals surface area contributed by atoms with Gasteiger partial charge in [0.05, 0.1) is 13.2 Å². The molecular formula is C16H20O3. The van der Waals surface area contributed by atoms with E-state index in [1.165, 1.54) is 0 Å². The first-order valence-electron chi connectivity index (χ1n) is 6.74. The highest BCUT2D eigenvalue weighted by Gasteiger charge is 2.00. The van der Waals surface area contributed by atoms with Crippen molar-refractivity contribution >= 4 is 10.8 Å². The summed E-state index contributed by atoms with van der Waals surface area (Å²) in [6, 6.07) is 12.1. The average molecular weight is 260 g/mol. The zero-order valence-corrected chi connectivity index (χ0v) is 11.3. The first-order valence-corrected chi connectivity index (χ1v) is 6.74. The molecule has 0 aliphatic rings. The third-order valence-corrected chi connectivity index (χ3v) is 2.92. The molecule has 19 heavy (non-hydrogen) atoms. The molecule has 0 heterocycles. The Morgan fingerprint density at radius 2 is 1.53 bits per heavy atom. The topological polar surface area (TPSA) is 38.7 Å². The first-order chi connectivity index (χ1) is 9.33. The summed E-state index contributed by atoms with van der Waals surface area (Å²) < 4.78 is 11.1. The fourth-order valence-corrected chi connectivity index (χ4v) is 1.95. The number of ether oxygens (including phenoxy) is 2. The molecule has 0 fully saturated rings. The van der Waals surface area contributed by atoms with Gasteiger partial charge in [-0.15, -0.1) is 0 Å². The van der Waals surface area contributed by atoms with Gasteiger partial charge in [0.25, 0.3) is 0 Å². The normalized spacial score (nSPS) is 10.6. The highest BCUT2D eigenvalue weighted by molar-refractivity contribution is 5.85. The van der Waals surface area contributed by atoms with Crippen LogP contribution in [0.25, 0.3) is 10.8 Å². The predicted molar refractivity (Wildman–Crippen MR) is 76.9 cm³/mol. The Morgan fingerprint density at radius 3 is 2.11 bits per heavy atom. The fourth-order valence-electron chi connectivity index (χ4n) is 1.95. The molecule has 0 unspecified atom stereocenters. The van der Waals surface area contributed by atoms with Crippen LogP contribution in [0.3, 0.4) is 0 Å². The Hall–Kier alpha value is -1.74. The van der Waals surface area contributed by atoms with E-state index in [9.17, 15) is 0 Å². The van der Waals surface area contributed by atoms with Crippen LogP contribution in [0.1, 0.15) is 19.8 Å². The Bertz CT molecular complexity index is 522. The zero-order valence-electron chi connectivity index (χ0n) is 11.3. The monoisotopic (exact) mass is 260 g/mol. The number of rotatable bonds is 7. The third kappa shape index (κ3) is 3.86. The van der Waals surface area contributed by atoms with E-state index in [2.05, 4.69) is 0 Å². The molecule has 0 amide bonds. The van der Waals surface area contributed by atoms with Gasteiger partial charge in [-0.05, 0) is 54.8 Å². The lowest BCUT2D eigenvalue weighted by Gasteiger charge is -2.08. The molecule has 102 valence electrons. The highest BCUT2D eigenvalue weighted by Crippen LogP contribution is 2.25. The highest BCUT2D eigenvalue weighted by atomic mass is 16.5. The Morgan fingerprint density at radius 1 is 0.895 bits per heavy atom. The van der Waals surface area contributed by atoms with Gasteiger partial charge in [0.1, 0.15) is 11.5 Å². The molecule has 0 spiro atoms. The lowest BCUT2D eigenvalue weighted by molar-refractivity contribution is 0.253. The van der Waals surface area contributed by atoms with Crippen molar-refractivity contribution in [3.63, 3.8) is 0 Å². The standard InChI is InChI=1S/C16H20O3/c1-2-18-15-7-5-14-12-16(8-6-13(14)11-15)19-10-4-3-9-17/h5-8,11-12,17H,2-4,9-10H2,1H3. The molecule has 0 saturated heterocycles. The van der Waals surface area contributed by atoms with Crippen molar-refractivity contribution in [1.29, 1.82) is 0 Å². The average Bonchev–Trinajstić information content (AvgIpc) is 2.44. The lowest BCUT2D eigenvalue weighted by atomic mass is 10.1. The summed E-state index contributed by atoms with van der Waals surface area (Å²) in [6.07, 6.45) is 1.66. The minimum absolute atomic E-state index is 0.223. The van der Waals surface area contributed by atoms with Gasteiger partial charge in [0.2, 0.25) is 0 Å². The summed E-state index contributed by atoms with van der Waals surface area (Å²) in [4.78, 5) is 0. The van der Waals surface area contributed by atoms with Gasteiger partial charge >= 0.3 is 0 Å². The zero-order chi connectivity index (χ0) is 13.5. The van der Waals surface area contributed by atoms with E-state index in [1.54, 1.807) is 0 Å². The first kappa shape index (κ1) is 13.7. The molecule has 1 N–H and O–H groups in total. The van der Waals surface area contributed by atoms with Crippen LogP contribution in [-0.4, -0.2) is 24.9 Å². The van der Waals surface area contributed by atoms with Crippen molar-refractivity contribution in [2.45, 2.75) is 19.8 Å². The van der Waals surface area contributed by atoms with E-state index in [0.29, 0.717) is 13.2 Å². The number of fused-ring (bicyclic) bond motifs is 1. The number of hydrogen-bond donors (Lipinski definition) is 1. The lowest BCUT2D eigenvalue weighted by Crippen LogP contribution is -1.98. The molecule has 0 radical (unpaired) electrons. The maximum atomic E-state index is 8.71. The van der Waals surface area contributed by atoms with Crippen LogP contribution < -0.4 is 9.47 Å². The van der Waals surface area contributed by atoms with Crippen LogP contribution in [0, 0.1) is 0 Å². The van der Waals surface area contributed by atoms with Crippen molar-refractivity contribution in [2.24, 2.45) is 0 Å². The van der Waals surface area contributed by atoms with Gasteiger partial charge in [-0.3, -0.25) is 0 Å². The summed E-state index contributed by atoms with van der Waals surface area (Å²) in [6.45, 7) is 3.52. The van der Waals surface area contributed by atoms with Crippen molar-refractivity contribution in [1.82, 2.24) is 0 Å². The smallest absolute Gasteiger partial charge is 0.119 e. The fraction of sp³-hybridized carbons (Fsp3) is 0.375. The van der Waals surface area contributed by atoms with Crippen LogP contribution in [0.4, 0.5) is 0 Å². The molecule has 2 aromatic carbocycles. The van der Waals surface area contributed by atoms with E-state index in [1.807, 2.05) is 43.3 Å². The molecule has 0 aliphatic carbocycles. The molecule has 0 saturated carbocycles. The Balaban J connectivity index is 2.06. The van der Waals surface area contributed by atoms with Gasteiger partial charge in [0.15, 0.2) is 0 Å². The number of unbranched alkanes of at least 4 members (excludes halogenated alkanes) is 1. The van der Waals surface area contributed by atoms with E-state index in [4.69, 9.17) is 14.6 Å². The number of benzene rings is 2. The van der Waals surface area contributed by atoms with Gasteiger partial charge in [-0.2, -0.15) is 0 Å². The summed E-state index contributed by atoms with van der Waals surface area (Å²) >= 11 is 0. The van der Waals surface area contributed by atoms with E-state index >= 15 is 0 Å². The maximum Gasteiger partial charge on any atom is 0.119 e. The Kier molecular flexibility index (Phi) is 5.04. The quantitative estimate of drug-likeness (QED) is 0.775. The maximum absolute atomic E-state index is 8.71. The van der Waals surface area contributed by atoms with Gasteiger partial charge in [0, 0.05) is 6.61 Å². The molecule has 3 heteroatoms. The molecule has 0 aromatic heterocycles. The SMILES string of the molecule is CCOc1ccc2cc(OCCCCO)ccc2c1. The summed E-state index contributed by atoms with van der Waals surface area (Å²) in [5.74, 6) is 1.77. The van der Waals surface area contributed by atoms with Gasteiger partial charge in [-0.25, -0.2) is 0 Å². The molecule has 3 nitrogen and oxygen atoms in total. The molecule has 0 bridgehead atoms. The largest absolute Gasteiger partial charge is 0.494 e. The van der Waals surface area contributed by atoms with Gasteiger partial charge < -0.3 is 14.6 Å². The van der Waals surface area contributed by atoms with Crippen molar-refractivity contribution in [3.8, 4) is 11.5 Å². The van der Waals surface area contributed by atoms with E-state index in [0.717, 1.165) is 35.1 Å². The van der Waals surface area contributed by atoms with Crippen LogP contribution in [0.2, 0.25) is 0 Å². The molecular weight excluding hydrogens is 240 g/mol. The predicted octanol–water partition coefficient (Wildman–Crippen LogP) is 3.39. The van der Waals surface area contributed by atoms with Crippen molar-refractivity contribution in [2.75, 3.05) is 19.8 Å². The second kappa shape index (κ2) is 7.00. The second-order valence-corrected chi connectivity index (χ2v) is 4.38. The van der Waals surface area contributed by atoms with Crippen LogP contribution in [-0.2, 0) is 0 Å². The van der Waals surface area contributed by atoms with Crippen LogP contribution in [0.5, 0.6) is 11.5 Å². The van der Waals surface area contributed by atoms with E-state index in [-0.39, 0.29) is 6.61 Å².